The number of aromatic nitrogens is 2. The molecule has 0 unspecified atom stereocenters. The van der Waals surface area contributed by atoms with Crippen LogP contribution in [0.3, 0.4) is 0 Å². The minimum atomic E-state index is -4.47. The number of imidazole rings is 1. The summed E-state index contributed by atoms with van der Waals surface area (Å²) in [6.07, 6.45) is 0. The Labute approximate surface area is 189 Å². The van der Waals surface area contributed by atoms with E-state index in [1.165, 1.54) is 6.07 Å². The van der Waals surface area contributed by atoms with Crippen LogP contribution in [0.5, 0.6) is 11.5 Å². The predicted octanol–water partition coefficient (Wildman–Crippen LogP) is 5.32. The molecule has 4 aromatic carbocycles. The van der Waals surface area contributed by atoms with Crippen LogP contribution in [-0.4, -0.2) is 33.2 Å². The quantitative estimate of drug-likeness (QED) is 0.270. The summed E-state index contributed by atoms with van der Waals surface area (Å²) in [6, 6.07) is 17.0. The molecule has 1 aromatic heterocycles. The first-order valence-electron chi connectivity index (χ1n) is 10.2. The van der Waals surface area contributed by atoms with Crippen LogP contribution >= 0.6 is 0 Å². The highest BCUT2D eigenvalue weighted by atomic mass is 32.2. The minimum Gasteiger partial charge on any atom is -0.507 e. The van der Waals surface area contributed by atoms with E-state index in [9.17, 15) is 23.2 Å². The molecule has 0 amide bonds. The summed E-state index contributed by atoms with van der Waals surface area (Å²) < 4.78 is 32.3. The number of nitrogens with zero attached hydrogens (tertiary/aromatic N) is 1. The summed E-state index contributed by atoms with van der Waals surface area (Å²) in [5.74, 6) is 0.151. The predicted molar refractivity (Wildman–Crippen MR) is 127 cm³/mol. The van der Waals surface area contributed by atoms with E-state index in [1.807, 2.05) is 44.2 Å². The van der Waals surface area contributed by atoms with Gasteiger partial charge in [-0.05, 0) is 54.1 Å². The molecule has 7 nitrogen and oxygen atoms in total. The molecule has 33 heavy (non-hydrogen) atoms. The maximum atomic E-state index is 11.5. The standard InChI is InChI=1S/C25H20N2O5S/c1-13-6-7-15(10-14(13)2)18-4-3-5-19(24(18)29)25-26-20-9-8-16-11-17(33(30,31)32)12-21(28)22(16)23(20)27-25/h3-12,28-29H,1-2H3,(H,26,27)(H,30,31,32). The Morgan fingerprint density at radius 2 is 1.64 bits per heavy atom. The molecule has 0 aliphatic rings. The van der Waals surface area contributed by atoms with Crippen LogP contribution in [-0.2, 0) is 10.1 Å². The molecule has 0 aliphatic carbocycles. The first kappa shape index (κ1) is 21.0. The maximum absolute atomic E-state index is 11.5. The molecular formula is C25H20N2O5S. The average Bonchev–Trinajstić information content (AvgIpc) is 3.19. The van der Waals surface area contributed by atoms with Gasteiger partial charge in [0.25, 0.3) is 10.1 Å². The van der Waals surface area contributed by atoms with E-state index in [1.54, 1.807) is 18.2 Å². The Morgan fingerprint density at radius 3 is 2.36 bits per heavy atom. The number of phenols is 2. The fraction of sp³-hybridized carbons (Fsp3) is 0.0800. The van der Waals surface area contributed by atoms with Crippen LogP contribution in [0, 0.1) is 13.8 Å². The minimum absolute atomic E-state index is 0.0713. The second-order valence-electron chi connectivity index (χ2n) is 8.06. The fourth-order valence-electron chi connectivity index (χ4n) is 4.04. The number of para-hydroxylation sites is 1. The number of fused-ring (bicyclic) bond motifs is 3. The summed E-state index contributed by atoms with van der Waals surface area (Å²) in [7, 11) is -4.47. The van der Waals surface area contributed by atoms with Crippen LogP contribution in [0.15, 0.2) is 65.6 Å². The number of hydrogen-bond acceptors (Lipinski definition) is 5. The Balaban J connectivity index is 1.70. The van der Waals surface area contributed by atoms with Gasteiger partial charge in [-0.1, -0.05) is 36.4 Å². The van der Waals surface area contributed by atoms with Crippen molar-refractivity contribution in [3.63, 3.8) is 0 Å². The second-order valence-corrected chi connectivity index (χ2v) is 9.49. The third-order valence-corrected chi connectivity index (χ3v) is 6.76. The Bertz CT molecular complexity index is 1690. The van der Waals surface area contributed by atoms with Crippen molar-refractivity contribution in [2.24, 2.45) is 0 Å². The maximum Gasteiger partial charge on any atom is 0.294 e. The molecule has 0 saturated carbocycles. The van der Waals surface area contributed by atoms with Crippen molar-refractivity contribution in [2.45, 2.75) is 18.7 Å². The first-order chi connectivity index (χ1) is 15.6. The molecule has 0 aliphatic heterocycles. The van der Waals surface area contributed by atoms with Gasteiger partial charge in [0, 0.05) is 11.6 Å². The van der Waals surface area contributed by atoms with Crippen LogP contribution < -0.4 is 0 Å². The molecule has 8 heteroatoms. The van der Waals surface area contributed by atoms with Gasteiger partial charge >= 0.3 is 0 Å². The van der Waals surface area contributed by atoms with E-state index in [0.29, 0.717) is 38.8 Å². The lowest BCUT2D eigenvalue weighted by Gasteiger charge is -2.10. The van der Waals surface area contributed by atoms with Crippen molar-refractivity contribution in [3.05, 3.63) is 71.8 Å². The van der Waals surface area contributed by atoms with Gasteiger partial charge in [0.15, 0.2) is 0 Å². The van der Waals surface area contributed by atoms with Gasteiger partial charge in [0.1, 0.15) is 22.8 Å². The smallest absolute Gasteiger partial charge is 0.294 e. The van der Waals surface area contributed by atoms with Crippen LogP contribution in [0.1, 0.15) is 11.1 Å². The van der Waals surface area contributed by atoms with E-state index in [0.717, 1.165) is 22.8 Å². The van der Waals surface area contributed by atoms with Crippen molar-refractivity contribution < 1.29 is 23.2 Å². The Morgan fingerprint density at radius 1 is 0.879 bits per heavy atom. The summed E-state index contributed by atoms with van der Waals surface area (Å²) in [6.45, 7) is 4.05. The van der Waals surface area contributed by atoms with E-state index in [-0.39, 0.29) is 11.5 Å². The van der Waals surface area contributed by atoms with Crippen molar-refractivity contribution in [1.29, 1.82) is 0 Å². The van der Waals surface area contributed by atoms with Gasteiger partial charge < -0.3 is 15.2 Å². The highest BCUT2D eigenvalue weighted by Crippen LogP contribution is 2.40. The molecule has 0 spiro atoms. The van der Waals surface area contributed by atoms with Crippen molar-refractivity contribution in [2.75, 3.05) is 0 Å². The highest BCUT2D eigenvalue weighted by molar-refractivity contribution is 7.85. The molecule has 1 heterocycles. The lowest BCUT2D eigenvalue weighted by Crippen LogP contribution is -1.97. The highest BCUT2D eigenvalue weighted by Gasteiger charge is 2.19. The number of benzene rings is 4. The molecule has 0 atom stereocenters. The molecular weight excluding hydrogens is 440 g/mol. The van der Waals surface area contributed by atoms with Crippen molar-refractivity contribution >= 4 is 31.9 Å². The van der Waals surface area contributed by atoms with Gasteiger partial charge in [-0.2, -0.15) is 8.42 Å². The zero-order valence-electron chi connectivity index (χ0n) is 17.8. The number of hydrogen-bond donors (Lipinski definition) is 4. The van der Waals surface area contributed by atoms with E-state index < -0.39 is 15.0 Å². The second kappa shape index (κ2) is 7.33. The van der Waals surface area contributed by atoms with E-state index in [4.69, 9.17) is 0 Å². The molecule has 4 N–H and O–H groups in total. The number of rotatable bonds is 3. The van der Waals surface area contributed by atoms with Gasteiger partial charge in [0.2, 0.25) is 0 Å². The zero-order valence-corrected chi connectivity index (χ0v) is 18.6. The van der Waals surface area contributed by atoms with Gasteiger partial charge in [-0.25, -0.2) is 4.98 Å². The third-order valence-electron chi connectivity index (χ3n) is 5.93. The number of aryl methyl sites for hydroxylation is 2. The molecule has 5 rings (SSSR count). The normalized spacial score (nSPS) is 12.0. The van der Waals surface area contributed by atoms with Crippen molar-refractivity contribution in [1.82, 2.24) is 9.97 Å². The average molecular weight is 461 g/mol. The lowest BCUT2D eigenvalue weighted by atomic mass is 9.98. The lowest BCUT2D eigenvalue weighted by molar-refractivity contribution is 0.471. The number of H-pyrrole nitrogens is 1. The number of nitrogens with one attached hydrogen (secondary N) is 1. The van der Waals surface area contributed by atoms with Crippen LogP contribution in [0.25, 0.3) is 44.3 Å². The topological polar surface area (TPSA) is 124 Å². The van der Waals surface area contributed by atoms with Gasteiger partial charge in [0.05, 0.1) is 21.4 Å². The Kier molecular flexibility index (Phi) is 4.66. The van der Waals surface area contributed by atoms with Gasteiger partial charge in [-0.15, -0.1) is 0 Å². The van der Waals surface area contributed by atoms with Crippen LogP contribution in [0.4, 0.5) is 0 Å². The van der Waals surface area contributed by atoms with Crippen LogP contribution in [0.2, 0.25) is 0 Å². The molecule has 0 saturated heterocycles. The van der Waals surface area contributed by atoms with Crippen molar-refractivity contribution in [3.8, 4) is 34.0 Å². The molecule has 166 valence electrons. The molecule has 0 bridgehead atoms. The molecule has 5 aromatic rings. The fourth-order valence-corrected chi connectivity index (χ4v) is 4.57. The number of aromatic hydroxyl groups is 2. The first-order valence-corrected chi connectivity index (χ1v) is 11.6. The summed E-state index contributed by atoms with van der Waals surface area (Å²) in [5, 5.41) is 22.3. The van der Waals surface area contributed by atoms with Gasteiger partial charge in [-0.3, -0.25) is 4.55 Å². The van der Waals surface area contributed by atoms with E-state index >= 15 is 0 Å². The monoisotopic (exact) mass is 460 g/mol. The third kappa shape index (κ3) is 3.49. The summed E-state index contributed by atoms with van der Waals surface area (Å²) >= 11 is 0. The molecule has 0 radical (unpaired) electrons. The summed E-state index contributed by atoms with van der Waals surface area (Å²) in [4.78, 5) is 7.37. The van der Waals surface area contributed by atoms with E-state index in [2.05, 4.69) is 9.97 Å². The SMILES string of the molecule is Cc1ccc(-c2cccc(-c3nc4c(ccc5cc(S(=O)(=O)O)cc(O)c54)[nH]3)c2O)cc1C. The molecule has 0 fully saturated rings. The Hall–Kier alpha value is -3.88. The largest absolute Gasteiger partial charge is 0.507 e. The number of phenolic OH excluding ortho intramolecular Hbond substituents is 2. The number of aromatic amines is 1. The summed E-state index contributed by atoms with van der Waals surface area (Å²) in [5.41, 5.74) is 5.34. The zero-order chi connectivity index (χ0) is 23.5.